The fourth-order valence-corrected chi connectivity index (χ4v) is 4.45. The first-order valence-electron chi connectivity index (χ1n) is 10.0. The molecule has 3 heterocycles. The number of halogens is 2. The van der Waals surface area contributed by atoms with Crippen molar-refractivity contribution in [2.45, 2.75) is 25.3 Å². The summed E-state index contributed by atoms with van der Waals surface area (Å²) in [6, 6.07) is 3.85. The predicted octanol–water partition coefficient (Wildman–Crippen LogP) is 1.45. The summed E-state index contributed by atoms with van der Waals surface area (Å²) in [5, 5.41) is 4.81. The molecule has 0 amide bonds. The standard InChI is InChI=1S/C20H21ClFN5O5S/c1-33(30,31)32-20(29)16-10-27-17(19(28)24-16)14(8-11-7-12(22)4-5-15(11)21)18(25-27)26-6-2-3-13(23)9-26/h4-5,7,10,13H,2-3,6,8-9,23H2,1H3,(H,24,28)/t13-/m1/s1. The molecule has 2 aromatic heterocycles. The van der Waals surface area contributed by atoms with Gasteiger partial charge in [0.15, 0.2) is 5.82 Å². The molecule has 0 bridgehead atoms. The Balaban J connectivity index is 1.87. The highest BCUT2D eigenvalue weighted by molar-refractivity contribution is 7.86. The molecule has 3 aromatic rings. The SMILES string of the molecule is CS(=O)(=O)OC(=O)c1cn2nc(N3CCC[C@@H](N)C3)c(Cc3cc(F)ccc3Cl)c2c(=O)[nH]1. The van der Waals surface area contributed by atoms with Crippen LogP contribution in [-0.2, 0) is 20.7 Å². The highest BCUT2D eigenvalue weighted by Crippen LogP contribution is 2.30. The van der Waals surface area contributed by atoms with Crippen LogP contribution in [0.3, 0.4) is 0 Å². The van der Waals surface area contributed by atoms with Crippen molar-refractivity contribution >= 4 is 39.0 Å². The fourth-order valence-electron chi connectivity index (χ4n) is 3.90. The van der Waals surface area contributed by atoms with Crippen LogP contribution in [0.5, 0.6) is 0 Å². The van der Waals surface area contributed by atoms with Crippen molar-refractivity contribution in [3.63, 3.8) is 0 Å². The lowest BCUT2D eigenvalue weighted by atomic mass is 10.0. The third-order valence-electron chi connectivity index (χ3n) is 5.28. The molecule has 1 aromatic carbocycles. The molecule has 13 heteroatoms. The van der Waals surface area contributed by atoms with E-state index in [9.17, 15) is 22.4 Å². The lowest BCUT2D eigenvalue weighted by molar-refractivity contribution is 0.0741. The van der Waals surface area contributed by atoms with E-state index in [4.69, 9.17) is 17.3 Å². The van der Waals surface area contributed by atoms with Gasteiger partial charge in [0.1, 0.15) is 17.0 Å². The molecular weight excluding hydrogens is 477 g/mol. The first-order valence-corrected chi connectivity index (χ1v) is 12.2. The van der Waals surface area contributed by atoms with Crippen LogP contribution in [0, 0.1) is 5.82 Å². The number of carbonyl (C=O) groups is 1. The van der Waals surface area contributed by atoms with Crippen LogP contribution in [0.4, 0.5) is 10.2 Å². The average molecular weight is 498 g/mol. The normalized spacial score (nSPS) is 16.8. The molecule has 3 N–H and O–H groups in total. The number of rotatable bonds is 5. The van der Waals surface area contributed by atoms with E-state index in [1.54, 1.807) is 0 Å². The molecule has 1 fully saturated rings. The van der Waals surface area contributed by atoms with E-state index in [-0.39, 0.29) is 18.0 Å². The monoisotopic (exact) mass is 497 g/mol. The molecule has 1 aliphatic heterocycles. The molecule has 0 unspecified atom stereocenters. The molecule has 33 heavy (non-hydrogen) atoms. The Morgan fingerprint density at radius 2 is 2.18 bits per heavy atom. The van der Waals surface area contributed by atoms with Gasteiger partial charge >= 0.3 is 16.1 Å². The summed E-state index contributed by atoms with van der Waals surface area (Å²) in [7, 11) is -4.09. The molecule has 0 radical (unpaired) electrons. The number of nitrogens with two attached hydrogens (primary N) is 1. The molecule has 4 rings (SSSR count). The molecule has 10 nitrogen and oxygen atoms in total. The Morgan fingerprint density at radius 3 is 2.88 bits per heavy atom. The summed E-state index contributed by atoms with van der Waals surface area (Å²) in [4.78, 5) is 29.4. The van der Waals surface area contributed by atoms with Gasteiger partial charge in [-0.2, -0.15) is 8.42 Å². The number of piperidine rings is 1. The number of nitrogens with one attached hydrogen (secondary N) is 1. The third-order valence-corrected chi connectivity index (χ3v) is 6.10. The van der Waals surface area contributed by atoms with Gasteiger partial charge in [0, 0.05) is 36.1 Å². The lowest BCUT2D eigenvalue weighted by Crippen LogP contribution is -2.43. The van der Waals surface area contributed by atoms with Gasteiger partial charge in [-0.05, 0) is 36.6 Å². The molecule has 1 aliphatic rings. The summed E-state index contributed by atoms with van der Waals surface area (Å²) < 4.78 is 42.0. The molecule has 0 saturated carbocycles. The lowest BCUT2D eigenvalue weighted by Gasteiger charge is -2.31. The van der Waals surface area contributed by atoms with Gasteiger partial charge in [0.2, 0.25) is 0 Å². The van der Waals surface area contributed by atoms with Crippen LogP contribution in [-0.4, -0.2) is 54.4 Å². The van der Waals surface area contributed by atoms with E-state index < -0.39 is 33.2 Å². The Morgan fingerprint density at radius 1 is 1.42 bits per heavy atom. The van der Waals surface area contributed by atoms with E-state index in [1.165, 1.54) is 28.9 Å². The number of hydrogen-bond donors (Lipinski definition) is 2. The summed E-state index contributed by atoms with van der Waals surface area (Å²) in [6.45, 7) is 1.14. The number of H-pyrrole nitrogens is 1. The third kappa shape index (κ3) is 5.02. The second-order valence-corrected chi connectivity index (χ2v) is 9.91. The van der Waals surface area contributed by atoms with E-state index in [0.717, 1.165) is 12.8 Å². The minimum absolute atomic E-state index is 0.0900. The smallest absolute Gasteiger partial charge is 0.353 e. The Kier molecular flexibility index (Phi) is 6.16. The highest BCUT2D eigenvalue weighted by atomic mass is 35.5. The largest absolute Gasteiger partial charge is 0.371 e. The first-order chi connectivity index (χ1) is 15.5. The molecule has 0 spiro atoms. The number of aromatic nitrogens is 3. The molecule has 1 atom stereocenters. The van der Waals surface area contributed by atoms with Gasteiger partial charge in [-0.25, -0.2) is 13.7 Å². The van der Waals surface area contributed by atoms with Crippen LogP contribution >= 0.6 is 11.6 Å². The summed E-state index contributed by atoms with van der Waals surface area (Å²) in [6.07, 6.45) is 3.65. The Labute approximate surface area is 193 Å². The van der Waals surface area contributed by atoms with E-state index in [2.05, 4.69) is 14.3 Å². The maximum Gasteiger partial charge on any atom is 0.371 e. The van der Waals surface area contributed by atoms with Crippen LogP contribution in [0.15, 0.2) is 29.2 Å². The van der Waals surface area contributed by atoms with Crippen molar-refractivity contribution in [2.24, 2.45) is 5.73 Å². The van der Waals surface area contributed by atoms with Gasteiger partial charge in [0.25, 0.3) is 5.56 Å². The topological polar surface area (TPSA) is 140 Å². The van der Waals surface area contributed by atoms with Crippen molar-refractivity contribution < 1.29 is 21.8 Å². The van der Waals surface area contributed by atoms with Crippen molar-refractivity contribution in [2.75, 3.05) is 24.2 Å². The minimum Gasteiger partial charge on any atom is -0.353 e. The number of anilines is 1. The average Bonchev–Trinajstić information content (AvgIpc) is 3.08. The van der Waals surface area contributed by atoms with Crippen LogP contribution < -0.4 is 16.2 Å². The number of fused-ring (bicyclic) bond motifs is 1. The van der Waals surface area contributed by atoms with E-state index >= 15 is 0 Å². The maximum absolute atomic E-state index is 13.9. The van der Waals surface area contributed by atoms with E-state index in [1.807, 2.05) is 4.90 Å². The number of nitrogens with zero attached hydrogens (tertiary/aromatic N) is 3. The van der Waals surface area contributed by atoms with Crippen molar-refractivity contribution in [1.29, 1.82) is 0 Å². The second-order valence-electron chi connectivity index (χ2n) is 7.93. The molecule has 1 saturated heterocycles. The van der Waals surface area contributed by atoms with Gasteiger partial charge in [-0.1, -0.05) is 11.6 Å². The van der Waals surface area contributed by atoms with Gasteiger partial charge in [0.05, 0.1) is 12.5 Å². The molecular formula is C20H21ClFN5O5S. The van der Waals surface area contributed by atoms with Crippen molar-refractivity contribution in [1.82, 2.24) is 14.6 Å². The summed E-state index contributed by atoms with van der Waals surface area (Å²) >= 11 is 6.26. The van der Waals surface area contributed by atoms with E-state index in [0.29, 0.717) is 41.3 Å². The van der Waals surface area contributed by atoms with Crippen molar-refractivity contribution in [3.05, 3.63) is 62.4 Å². The zero-order valence-corrected chi connectivity index (χ0v) is 19.1. The Bertz CT molecular complexity index is 1400. The number of benzene rings is 1. The molecule has 0 aliphatic carbocycles. The highest BCUT2D eigenvalue weighted by Gasteiger charge is 2.27. The predicted molar refractivity (Wildman–Crippen MR) is 120 cm³/mol. The van der Waals surface area contributed by atoms with Gasteiger partial charge in [-0.3, -0.25) is 4.79 Å². The Hall–Kier alpha value is -2.96. The quantitative estimate of drug-likeness (QED) is 0.505. The maximum atomic E-state index is 13.9. The van der Waals surface area contributed by atoms with Crippen LogP contribution in [0.1, 0.15) is 34.5 Å². The number of aromatic amines is 1. The number of carbonyl (C=O) groups excluding carboxylic acids is 1. The summed E-state index contributed by atoms with van der Waals surface area (Å²) in [5.41, 5.74) is 6.08. The molecule has 176 valence electrons. The van der Waals surface area contributed by atoms with Gasteiger partial charge in [-0.15, -0.1) is 5.10 Å². The van der Waals surface area contributed by atoms with Crippen molar-refractivity contribution in [3.8, 4) is 0 Å². The zero-order valence-electron chi connectivity index (χ0n) is 17.5. The van der Waals surface area contributed by atoms with Gasteiger partial charge < -0.3 is 19.8 Å². The second kappa shape index (κ2) is 8.76. The zero-order chi connectivity index (χ0) is 23.9. The van der Waals surface area contributed by atoms with Crippen LogP contribution in [0.25, 0.3) is 5.52 Å². The fraction of sp³-hybridized carbons (Fsp3) is 0.350. The minimum atomic E-state index is -4.09. The summed E-state index contributed by atoms with van der Waals surface area (Å²) in [5.74, 6) is -1.28. The number of hydrogen-bond acceptors (Lipinski definition) is 8. The van der Waals surface area contributed by atoms with Crippen LogP contribution in [0.2, 0.25) is 5.02 Å². The first kappa shape index (κ1) is 23.2.